The molecule has 2 N–H and O–H groups in total. The van der Waals surface area contributed by atoms with Crippen molar-refractivity contribution in [2.75, 3.05) is 25.0 Å². The summed E-state index contributed by atoms with van der Waals surface area (Å²) < 4.78 is 0. The molecule has 8 heteroatoms. The Balaban J connectivity index is 1.72. The van der Waals surface area contributed by atoms with Gasteiger partial charge in [0.1, 0.15) is 5.69 Å². The quantitative estimate of drug-likeness (QED) is 0.877. The van der Waals surface area contributed by atoms with Crippen LogP contribution in [0, 0.1) is 0 Å². The Labute approximate surface area is 148 Å². The van der Waals surface area contributed by atoms with Crippen LogP contribution in [0.25, 0.3) is 0 Å². The summed E-state index contributed by atoms with van der Waals surface area (Å²) in [5.74, 6) is -0.342. The number of carbonyl (C=O) groups is 2. The SMILES string of the molecule is CC(=O)Nc1nc(C(=O)N2CCNC(c3ccccc3Cl)C2)cs1. The van der Waals surface area contributed by atoms with Crippen LogP contribution < -0.4 is 10.6 Å². The summed E-state index contributed by atoms with van der Waals surface area (Å²) in [4.78, 5) is 29.7. The third-order valence-corrected chi connectivity index (χ3v) is 4.85. The van der Waals surface area contributed by atoms with Crippen molar-refractivity contribution < 1.29 is 9.59 Å². The molecule has 0 saturated carbocycles. The van der Waals surface area contributed by atoms with E-state index >= 15 is 0 Å². The van der Waals surface area contributed by atoms with E-state index in [1.807, 2.05) is 24.3 Å². The van der Waals surface area contributed by atoms with Crippen LogP contribution in [0.15, 0.2) is 29.6 Å². The molecule has 1 aromatic heterocycles. The van der Waals surface area contributed by atoms with Gasteiger partial charge in [0.05, 0.1) is 6.04 Å². The fourth-order valence-electron chi connectivity index (χ4n) is 2.64. The number of hydrogen-bond donors (Lipinski definition) is 2. The van der Waals surface area contributed by atoms with Crippen LogP contribution in [0.3, 0.4) is 0 Å². The minimum absolute atomic E-state index is 0.00940. The molecule has 1 aromatic carbocycles. The van der Waals surface area contributed by atoms with Crippen molar-refractivity contribution >= 4 is 39.9 Å². The predicted octanol–water partition coefficient (Wildman–Crippen LogP) is 2.54. The average Bonchev–Trinajstić information content (AvgIpc) is 3.02. The molecule has 0 aliphatic carbocycles. The molecule has 0 bridgehead atoms. The van der Waals surface area contributed by atoms with Gasteiger partial charge < -0.3 is 15.5 Å². The third kappa shape index (κ3) is 3.75. The van der Waals surface area contributed by atoms with Gasteiger partial charge in [-0.25, -0.2) is 4.98 Å². The number of piperazine rings is 1. The summed E-state index contributed by atoms with van der Waals surface area (Å²) in [6, 6.07) is 7.62. The lowest BCUT2D eigenvalue weighted by Crippen LogP contribution is -2.48. The van der Waals surface area contributed by atoms with Crippen molar-refractivity contribution in [3.05, 3.63) is 45.9 Å². The molecule has 0 spiro atoms. The number of aromatic nitrogens is 1. The topological polar surface area (TPSA) is 74.3 Å². The average molecular weight is 365 g/mol. The highest BCUT2D eigenvalue weighted by molar-refractivity contribution is 7.14. The molecule has 2 aromatic rings. The van der Waals surface area contributed by atoms with Crippen molar-refractivity contribution in [1.29, 1.82) is 0 Å². The number of amides is 2. The molecule has 0 radical (unpaired) electrons. The number of nitrogens with zero attached hydrogens (tertiary/aromatic N) is 2. The van der Waals surface area contributed by atoms with Gasteiger partial charge in [0.2, 0.25) is 5.91 Å². The lowest BCUT2D eigenvalue weighted by atomic mass is 10.0. The van der Waals surface area contributed by atoms with Gasteiger partial charge in [0.25, 0.3) is 5.91 Å². The van der Waals surface area contributed by atoms with Crippen molar-refractivity contribution in [2.45, 2.75) is 13.0 Å². The number of rotatable bonds is 3. The van der Waals surface area contributed by atoms with E-state index in [9.17, 15) is 9.59 Å². The zero-order chi connectivity index (χ0) is 17.1. The monoisotopic (exact) mass is 364 g/mol. The van der Waals surface area contributed by atoms with Crippen LogP contribution in [0.4, 0.5) is 5.13 Å². The normalized spacial score (nSPS) is 17.6. The molecule has 1 fully saturated rings. The van der Waals surface area contributed by atoms with E-state index in [2.05, 4.69) is 15.6 Å². The van der Waals surface area contributed by atoms with Crippen molar-refractivity contribution in [2.24, 2.45) is 0 Å². The number of hydrogen-bond acceptors (Lipinski definition) is 5. The summed E-state index contributed by atoms with van der Waals surface area (Å²) in [5, 5.41) is 8.77. The number of thiazole rings is 1. The summed E-state index contributed by atoms with van der Waals surface area (Å²) in [5.41, 5.74) is 1.33. The number of nitrogens with one attached hydrogen (secondary N) is 2. The van der Waals surface area contributed by atoms with Gasteiger partial charge in [-0.3, -0.25) is 9.59 Å². The van der Waals surface area contributed by atoms with Crippen molar-refractivity contribution in [3.63, 3.8) is 0 Å². The van der Waals surface area contributed by atoms with Crippen molar-refractivity contribution in [1.82, 2.24) is 15.2 Å². The lowest BCUT2D eigenvalue weighted by molar-refractivity contribution is -0.114. The van der Waals surface area contributed by atoms with Crippen LogP contribution in [0.1, 0.15) is 29.0 Å². The Kier molecular flexibility index (Phi) is 5.13. The predicted molar refractivity (Wildman–Crippen MR) is 94.5 cm³/mol. The number of carbonyl (C=O) groups excluding carboxylic acids is 2. The van der Waals surface area contributed by atoms with Gasteiger partial charge in [-0.05, 0) is 11.6 Å². The first kappa shape index (κ1) is 16.9. The highest BCUT2D eigenvalue weighted by atomic mass is 35.5. The number of benzene rings is 1. The summed E-state index contributed by atoms with van der Waals surface area (Å²) in [7, 11) is 0. The van der Waals surface area contributed by atoms with E-state index in [1.54, 1.807) is 10.3 Å². The zero-order valence-electron chi connectivity index (χ0n) is 13.1. The maximum atomic E-state index is 12.7. The second kappa shape index (κ2) is 7.29. The van der Waals surface area contributed by atoms with Crippen LogP contribution in [0.2, 0.25) is 5.02 Å². The van der Waals surface area contributed by atoms with Gasteiger partial charge in [0.15, 0.2) is 5.13 Å². The standard InChI is InChI=1S/C16H17ClN4O2S/c1-10(22)19-16-20-14(9-24-16)15(23)21-7-6-18-13(8-21)11-4-2-3-5-12(11)17/h2-5,9,13,18H,6-8H2,1H3,(H,19,20,22). The molecule has 126 valence electrons. The van der Waals surface area contributed by atoms with Gasteiger partial charge in [0, 0.05) is 37.0 Å². The minimum atomic E-state index is -0.204. The minimum Gasteiger partial charge on any atom is -0.334 e. The first-order valence-corrected chi connectivity index (χ1v) is 8.80. The molecule has 1 aliphatic rings. The molecule has 3 rings (SSSR count). The molecule has 1 unspecified atom stereocenters. The van der Waals surface area contributed by atoms with Crippen LogP contribution >= 0.6 is 22.9 Å². The van der Waals surface area contributed by atoms with Crippen LogP contribution in [-0.4, -0.2) is 41.3 Å². The van der Waals surface area contributed by atoms with E-state index in [1.165, 1.54) is 18.3 Å². The van der Waals surface area contributed by atoms with E-state index in [-0.39, 0.29) is 17.9 Å². The van der Waals surface area contributed by atoms with Crippen molar-refractivity contribution in [3.8, 4) is 0 Å². The summed E-state index contributed by atoms with van der Waals surface area (Å²) >= 11 is 7.50. The summed E-state index contributed by atoms with van der Waals surface area (Å²) in [6.07, 6.45) is 0. The van der Waals surface area contributed by atoms with E-state index < -0.39 is 0 Å². The maximum Gasteiger partial charge on any atom is 0.273 e. The van der Waals surface area contributed by atoms with Gasteiger partial charge in [-0.2, -0.15) is 0 Å². The molecule has 24 heavy (non-hydrogen) atoms. The van der Waals surface area contributed by atoms with Gasteiger partial charge in [-0.15, -0.1) is 11.3 Å². The van der Waals surface area contributed by atoms with E-state index in [0.29, 0.717) is 35.5 Å². The Morgan fingerprint density at radius 1 is 1.42 bits per heavy atom. The van der Waals surface area contributed by atoms with E-state index in [0.717, 1.165) is 5.56 Å². The number of halogens is 1. The smallest absolute Gasteiger partial charge is 0.273 e. The van der Waals surface area contributed by atoms with E-state index in [4.69, 9.17) is 11.6 Å². The van der Waals surface area contributed by atoms with Gasteiger partial charge >= 0.3 is 0 Å². The van der Waals surface area contributed by atoms with Crippen LogP contribution in [-0.2, 0) is 4.79 Å². The molecular weight excluding hydrogens is 348 g/mol. The lowest BCUT2D eigenvalue weighted by Gasteiger charge is -2.34. The third-order valence-electron chi connectivity index (χ3n) is 3.75. The Hall–Kier alpha value is -1.96. The zero-order valence-corrected chi connectivity index (χ0v) is 14.7. The second-order valence-electron chi connectivity index (χ2n) is 5.50. The molecule has 2 amide bonds. The summed E-state index contributed by atoms with van der Waals surface area (Å²) in [6.45, 7) is 3.22. The highest BCUT2D eigenvalue weighted by Crippen LogP contribution is 2.26. The Morgan fingerprint density at radius 3 is 2.96 bits per heavy atom. The largest absolute Gasteiger partial charge is 0.334 e. The van der Waals surface area contributed by atoms with Gasteiger partial charge in [-0.1, -0.05) is 29.8 Å². The molecule has 1 aliphatic heterocycles. The fraction of sp³-hybridized carbons (Fsp3) is 0.312. The molecule has 2 heterocycles. The maximum absolute atomic E-state index is 12.7. The van der Waals surface area contributed by atoms with Crippen LogP contribution in [0.5, 0.6) is 0 Å². The molecular formula is C16H17ClN4O2S. The molecule has 6 nitrogen and oxygen atoms in total. The first-order chi connectivity index (χ1) is 11.5. The highest BCUT2D eigenvalue weighted by Gasteiger charge is 2.27. The first-order valence-electron chi connectivity index (χ1n) is 7.55. The fourth-order valence-corrected chi connectivity index (χ4v) is 3.64. The second-order valence-corrected chi connectivity index (χ2v) is 6.76. The number of anilines is 1. The Morgan fingerprint density at radius 2 is 2.21 bits per heavy atom. The molecule has 1 atom stereocenters. The molecule has 1 saturated heterocycles. The Bertz CT molecular complexity index is 764.